The van der Waals surface area contributed by atoms with Crippen molar-refractivity contribution in [2.24, 2.45) is 0 Å². The number of anilines is 1. The van der Waals surface area contributed by atoms with Crippen LogP contribution in [-0.4, -0.2) is 37.0 Å². The van der Waals surface area contributed by atoms with Crippen LogP contribution in [0.25, 0.3) is 0 Å². The Labute approximate surface area is 122 Å². The van der Waals surface area contributed by atoms with Crippen LogP contribution in [0.5, 0.6) is 0 Å². The van der Waals surface area contributed by atoms with Crippen LogP contribution in [0.2, 0.25) is 0 Å². The van der Waals surface area contributed by atoms with E-state index >= 15 is 0 Å². The minimum absolute atomic E-state index is 0.0974. The molecule has 1 fully saturated rings. The number of hydrogen-bond acceptors (Lipinski definition) is 4. The monoisotopic (exact) mass is 320 g/mol. The third-order valence-corrected chi connectivity index (χ3v) is 5.62. The molecule has 0 bridgehead atoms. The first-order valence-electron chi connectivity index (χ1n) is 6.75. The van der Waals surface area contributed by atoms with Gasteiger partial charge in [-0.1, -0.05) is 6.42 Å². The second-order valence-corrected chi connectivity index (χ2v) is 6.94. The van der Waals surface area contributed by atoms with Crippen LogP contribution in [-0.2, 0) is 10.0 Å². The highest BCUT2D eigenvalue weighted by molar-refractivity contribution is 7.89. The van der Waals surface area contributed by atoms with Crippen LogP contribution in [0.3, 0.4) is 0 Å². The number of aliphatic hydroxyl groups excluding tert-OH is 1. The summed E-state index contributed by atoms with van der Waals surface area (Å²) >= 11 is 0. The zero-order valence-electron chi connectivity index (χ0n) is 11.4. The number of sulfonamides is 1. The van der Waals surface area contributed by atoms with Gasteiger partial charge in [-0.2, -0.15) is 4.31 Å². The largest absolute Gasteiger partial charge is 0.396 e. The van der Waals surface area contributed by atoms with Gasteiger partial charge in [-0.25, -0.2) is 17.2 Å². The van der Waals surface area contributed by atoms with E-state index in [1.165, 1.54) is 4.31 Å². The maximum atomic E-state index is 13.8. The van der Waals surface area contributed by atoms with Crippen LogP contribution in [0.4, 0.5) is 14.5 Å². The molecule has 1 aromatic carbocycles. The van der Waals surface area contributed by atoms with Crippen molar-refractivity contribution in [3.8, 4) is 0 Å². The molecule has 0 saturated heterocycles. The predicted octanol–water partition coefficient (Wildman–Crippen LogP) is 1.47. The van der Waals surface area contributed by atoms with E-state index in [1.54, 1.807) is 0 Å². The van der Waals surface area contributed by atoms with Crippen LogP contribution in [0, 0.1) is 11.6 Å². The fourth-order valence-corrected chi connectivity index (χ4v) is 4.08. The molecule has 0 radical (unpaired) electrons. The number of aliphatic hydroxyl groups is 1. The molecule has 1 aliphatic rings. The van der Waals surface area contributed by atoms with Gasteiger partial charge in [0.2, 0.25) is 10.0 Å². The summed E-state index contributed by atoms with van der Waals surface area (Å²) < 4.78 is 53.4. The zero-order valence-corrected chi connectivity index (χ0v) is 12.2. The summed E-state index contributed by atoms with van der Waals surface area (Å²) in [6.07, 6.45) is 2.56. The first-order valence-corrected chi connectivity index (χ1v) is 8.19. The standard InChI is InChI=1S/C13H18F2N2O3S/c14-10-7-11(15)13(8-12(10)16)21(19,20)17(5-2-6-18)9-3-1-4-9/h7-9,18H,1-6,16H2. The highest BCUT2D eigenvalue weighted by atomic mass is 32.2. The van der Waals surface area contributed by atoms with Gasteiger partial charge >= 0.3 is 0 Å². The number of nitrogens with zero attached hydrogens (tertiary/aromatic N) is 1. The zero-order chi connectivity index (χ0) is 15.6. The number of halogens is 2. The fraction of sp³-hybridized carbons (Fsp3) is 0.538. The van der Waals surface area contributed by atoms with Crippen molar-refractivity contribution in [3.63, 3.8) is 0 Å². The third kappa shape index (κ3) is 3.17. The van der Waals surface area contributed by atoms with E-state index in [9.17, 15) is 17.2 Å². The lowest BCUT2D eigenvalue weighted by molar-refractivity contribution is 0.198. The summed E-state index contributed by atoms with van der Waals surface area (Å²) in [5.41, 5.74) is 4.93. The molecule has 0 aromatic heterocycles. The lowest BCUT2D eigenvalue weighted by atomic mass is 9.93. The van der Waals surface area contributed by atoms with Crippen LogP contribution in [0.15, 0.2) is 17.0 Å². The van der Waals surface area contributed by atoms with Gasteiger partial charge in [0, 0.05) is 25.3 Å². The summed E-state index contributed by atoms with van der Waals surface area (Å²) in [7, 11) is -4.10. The quantitative estimate of drug-likeness (QED) is 0.778. The predicted molar refractivity (Wildman–Crippen MR) is 74.0 cm³/mol. The van der Waals surface area contributed by atoms with Crippen LogP contribution >= 0.6 is 0 Å². The van der Waals surface area contributed by atoms with Gasteiger partial charge < -0.3 is 10.8 Å². The summed E-state index contributed by atoms with van der Waals surface area (Å²) in [5, 5.41) is 8.89. The molecule has 1 aliphatic carbocycles. The lowest BCUT2D eigenvalue weighted by Gasteiger charge is -2.36. The molecule has 5 nitrogen and oxygen atoms in total. The molecule has 0 unspecified atom stereocenters. The van der Waals surface area contributed by atoms with E-state index in [2.05, 4.69) is 0 Å². The van der Waals surface area contributed by atoms with Gasteiger partial charge in [-0.05, 0) is 25.3 Å². The van der Waals surface area contributed by atoms with Crippen LogP contribution in [0.1, 0.15) is 25.7 Å². The smallest absolute Gasteiger partial charge is 0.246 e. The van der Waals surface area contributed by atoms with Crippen LogP contribution < -0.4 is 5.73 Å². The molecule has 3 N–H and O–H groups in total. The van der Waals surface area contributed by atoms with Crippen molar-refractivity contribution >= 4 is 15.7 Å². The van der Waals surface area contributed by atoms with Crippen molar-refractivity contribution < 1.29 is 22.3 Å². The first kappa shape index (κ1) is 16.1. The van der Waals surface area contributed by atoms with E-state index in [1.807, 2.05) is 0 Å². The molecule has 1 aromatic rings. The number of hydrogen-bond donors (Lipinski definition) is 2. The van der Waals surface area contributed by atoms with E-state index in [-0.39, 0.29) is 25.6 Å². The van der Waals surface area contributed by atoms with Crippen molar-refractivity contribution in [2.75, 3.05) is 18.9 Å². The van der Waals surface area contributed by atoms with E-state index in [4.69, 9.17) is 10.8 Å². The average molecular weight is 320 g/mol. The number of nitrogen functional groups attached to an aromatic ring is 1. The third-order valence-electron chi connectivity index (χ3n) is 3.66. The van der Waals surface area contributed by atoms with Gasteiger partial charge in [0.05, 0.1) is 5.69 Å². The van der Waals surface area contributed by atoms with E-state index in [0.717, 1.165) is 12.5 Å². The number of benzene rings is 1. The minimum atomic E-state index is -4.10. The molecule has 0 atom stereocenters. The molecular formula is C13H18F2N2O3S. The molecule has 0 amide bonds. The van der Waals surface area contributed by atoms with Crippen molar-refractivity contribution in [3.05, 3.63) is 23.8 Å². The Morgan fingerprint density at radius 1 is 1.29 bits per heavy atom. The maximum absolute atomic E-state index is 13.8. The molecule has 118 valence electrons. The topological polar surface area (TPSA) is 83.6 Å². The highest BCUT2D eigenvalue weighted by Crippen LogP contribution is 2.32. The Morgan fingerprint density at radius 3 is 2.48 bits per heavy atom. The molecule has 8 heteroatoms. The lowest BCUT2D eigenvalue weighted by Crippen LogP contribution is -2.45. The average Bonchev–Trinajstić information content (AvgIpc) is 2.36. The maximum Gasteiger partial charge on any atom is 0.246 e. The summed E-state index contributed by atoms with van der Waals surface area (Å²) in [5.74, 6) is -2.15. The van der Waals surface area contributed by atoms with Gasteiger partial charge in [0.15, 0.2) is 0 Å². The Hall–Kier alpha value is -1.25. The molecule has 1 saturated carbocycles. The van der Waals surface area contributed by atoms with Gasteiger partial charge in [-0.3, -0.25) is 0 Å². The summed E-state index contributed by atoms with van der Waals surface area (Å²) in [6.45, 7) is -0.0625. The fourth-order valence-electron chi connectivity index (χ4n) is 2.27. The summed E-state index contributed by atoms with van der Waals surface area (Å²) in [4.78, 5) is -0.619. The SMILES string of the molecule is Nc1cc(S(=O)(=O)N(CCCO)C2CCC2)c(F)cc1F. The Morgan fingerprint density at radius 2 is 1.95 bits per heavy atom. The first-order chi connectivity index (χ1) is 9.87. The van der Waals surface area contributed by atoms with Crippen molar-refractivity contribution in [1.82, 2.24) is 4.31 Å². The normalized spacial score (nSPS) is 16.2. The number of nitrogens with two attached hydrogens (primary N) is 1. The second-order valence-electron chi connectivity index (χ2n) is 5.08. The molecule has 0 heterocycles. The van der Waals surface area contributed by atoms with E-state index in [0.29, 0.717) is 18.9 Å². The summed E-state index contributed by atoms with van der Waals surface area (Å²) in [6, 6.07) is 1.09. The number of rotatable bonds is 6. The van der Waals surface area contributed by atoms with Gasteiger partial charge in [0.1, 0.15) is 16.5 Å². The molecule has 0 aliphatic heterocycles. The Bertz CT molecular complexity index is 618. The highest BCUT2D eigenvalue weighted by Gasteiger charge is 2.36. The Kier molecular flexibility index (Phi) is 4.80. The second kappa shape index (κ2) is 6.25. The van der Waals surface area contributed by atoms with Gasteiger partial charge in [0.25, 0.3) is 0 Å². The van der Waals surface area contributed by atoms with E-state index < -0.39 is 32.2 Å². The minimum Gasteiger partial charge on any atom is -0.396 e. The van der Waals surface area contributed by atoms with Crippen molar-refractivity contribution in [2.45, 2.75) is 36.6 Å². The molecule has 2 rings (SSSR count). The Balaban J connectivity index is 2.40. The van der Waals surface area contributed by atoms with Gasteiger partial charge in [-0.15, -0.1) is 0 Å². The molecular weight excluding hydrogens is 302 g/mol. The van der Waals surface area contributed by atoms with Crippen molar-refractivity contribution in [1.29, 1.82) is 0 Å². The molecule has 0 spiro atoms. The molecule has 21 heavy (non-hydrogen) atoms.